The van der Waals surface area contributed by atoms with Gasteiger partial charge in [0.2, 0.25) is 5.91 Å². The molecule has 7 nitrogen and oxygen atoms in total. The summed E-state index contributed by atoms with van der Waals surface area (Å²) >= 11 is 0. The lowest BCUT2D eigenvalue weighted by Crippen LogP contribution is -2.41. The SMILES string of the molecule is COc1cccc2c1OC[C@@H](C(=O)NCCN1CCNC1=O)C2. The fraction of sp³-hybridized carbons (Fsp3) is 0.500. The Kier molecular flexibility index (Phi) is 4.55. The number of methoxy groups -OCH3 is 1. The minimum Gasteiger partial charge on any atom is -0.493 e. The molecule has 1 saturated heterocycles. The topological polar surface area (TPSA) is 79.9 Å². The first-order valence-corrected chi connectivity index (χ1v) is 7.78. The second kappa shape index (κ2) is 6.76. The van der Waals surface area contributed by atoms with E-state index >= 15 is 0 Å². The van der Waals surface area contributed by atoms with Gasteiger partial charge in [0.1, 0.15) is 6.61 Å². The molecule has 1 atom stereocenters. The minimum absolute atomic E-state index is 0.0434. The summed E-state index contributed by atoms with van der Waals surface area (Å²) < 4.78 is 11.0. The van der Waals surface area contributed by atoms with Crippen LogP contribution < -0.4 is 20.1 Å². The van der Waals surface area contributed by atoms with E-state index in [4.69, 9.17) is 9.47 Å². The number of carbonyl (C=O) groups excluding carboxylic acids is 2. The highest BCUT2D eigenvalue weighted by Crippen LogP contribution is 2.35. The number of nitrogens with zero attached hydrogens (tertiary/aromatic N) is 1. The maximum absolute atomic E-state index is 12.3. The Morgan fingerprint density at radius 3 is 3.13 bits per heavy atom. The molecule has 0 spiro atoms. The Morgan fingerprint density at radius 2 is 2.39 bits per heavy atom. The number of hydrogen-bond acceptors (Lipinski definition) is 4. The number of para-hydroxylation sites is 1. The first kappa shape index (κ1) is 15.5. The van der Waals surface area contributed by atoms with E-state index in [0.717, 1.165) is 11.3 Å². The number of benzene rings is 1. The van der Waals surface area contributed by atoms with Crippen LogP contribution in [0.5, 0.6) is 11.5 Å². The first-order chi connectivity index (χ1) is 11.2. The molecule has 0 saturated carbocycles. The normalized spacial score (nSPS) is 19.6. The van der Waals surface area contributed by atoms with E-state index in [0.29, 0.717) is 45.0 Å². The number of hydrogen-bond donors (Lipinski definition) is 2. The van der Waals surface area contributed by atoms with Crippen LogP contribution in [0.1, 0.15) is 5.56 Å². The third-order valence-corrected chi connectivity index (χ3v) is 4.17. The predicted octanol–water partition coefficient (Wildman–Crippen LogP) is 0.388. The zero-order valence-electron chi connectivity index (χ0n) is 13.1. The largest absolute Gasteiger partial charge is 0.493 e. The van der Waals surface area contributed by atoms with Gasteiger partial charge in [0.05, 0.1) is 13.0 Å². The molecule has 3 rings (SSSR count). The van der Waals surface area contributed by atoms with Gasteiger partial charge in [0.15, 0.2) is 11.5 Å². The molecule has 2 aliphatic rings. The summed E-state index contributed by atoms with van der Waals surface area (Å²) in [6.07, 6.45) is 0.628. The highest BCUT2D eigenvalue weighted by Gasteiger charge is 2.28. The zero-order chi connectivity index (χ0) is 16.2. The van der Waals surface area contributed by atoms with Gasteiger partial charge in [-0.25, -0.2) is 4.79 Å². The van der Waals surface area contributed by atoms with Gasteiger partial charge in [0, 0.05) is 26.2 Å². The summed E-state index contributed by atoms with van der Waals surface area (Å²) in [5.41, 5.74) is 0.981. The lowest BCUT2D eigenvalue weighted by molar-refractivity contribution is -0.126. The smallest absolute Gasteiger partial charge is 0.317 e. The molecule has 0 bridgehead atoms. The standard InChI is InChI=1S/C16H21N3O4/c1-22-13-4-2-3-11-9-12(10-23-14(11)13)15(20)17-5-7-19-8-6-18-16(19)21/h2-4,12H,5-10H2,1H3,(H,17,20)(H,18,21)/t12-/m0/s1. The summed E-state index contributed by atoms with van der Waals surface area (Å²) in [4.78, 5) is 25.4. The number of ether oxygens (including phenoxy) is 2. The van der Waals surface area contributed by atoms with Gasteiger partial charge in [-0.1, -0.05) is 12.1 Å². The third-order valence-electron chi connectivity index (χ3n) is 4.17. The monoisotopic (exact) mass is 319 g/mol. The summed E-state index contributed by atoms with van der Waals surface area (Å²) in [5, 5.41) is 5.62. The molecule has 2 N–H and O–H groups in total. The van der Waals surface area contributed by atoms with Crippen molar-refractivity contribution in [1.29, 1.82) is 0 Å². The van der Waals surface area contributed by atoms with Crippen LogP contribution in [0.25, 0.3) is 0 Å². The molecule has 0 aliphatic carbocycles. The average molecular weight is 319 g/mol. The second-order valence-corrected chi connectivity index (χ2v) is 5.67. The highest BCUT2D eigenvalue weighted by molar-refractivity contribution is 5.80. The average Bonchev–Trinajstić information content (AvgIpc) is 2.98. The molecular weight excluding hydrogens is 298 g/mol. The van der Waals surface area contributed by atoms with Crippen molar-refractivity contribution in [3.63, 3.8) is 0 Å². The Labute approximate surface area is 134 Å². The molecule has 1 fully saturated rings. The van der Waals surface area contributed by atoms with Crippen molar-refractivity contribution in [2.45, 2.75) is 6.42 Å². The van der Waals surface area contributed by atoms with Crippen LogP contribution in [0.2, 0.25) is 0 Å². The molecule has 1 aromatic rings. The minimum atomic E-state index is -0.220. The van der Waals surface area contributed by atoms with Crippen molar-refractivity contribution in [3.8, 4) is 11.5 Å². The van der Waals surface area contributed by atoms with Gasteiger partial charge in [-0.3, -0.25) is 4.79 Å². The fourth-order valence-electron chi connectivity index (χ4n) is 2.91. The van der Waals surface area contributed by atoms with Gasteiger partial charge in [-0.05, 0) is 18.1 Å². The van der Waals surface area contributed by atoms with Gasteiger partial charge in [0.25, 0.3) is 0 Å². The van der Waals surface area contributed by atoms with Crippen LogP contribution >= 0.6 is 0 Å². The Morgan fingerprint density at radius 1 is 1.52 bits per heavy atom. The molecule has 2 aliphatic heterocycles. The lowest BCUT2D eigenvalue weighted by atomic mass is 9.95. The molecule has 124 valence electrons. The number of urea groups is 1. The Bertz CT molecular complexity index is 605. The van der Waals surface area contributed by atoms with E-state index in [1.165, 1.54) is 0 Å². The predicted molar refractivity (Wildman–Crippen MR) is 83.7 cm³/mol. The molecule has 3 amide bonds. The third kappa shape index (κ3) is 3.33. The molecule has 0 radical (unpaired) electrons. The van der Waals surface area contributed by atoms with Gasteiger partial charge < -0.3 is 25.0 Å². The van der Waals surface area contributed by atoms with Crippen LogP contribution in [0.4, 0.5) is 4.79 Å². The van der Waals surface area contributed by atoms with Gasteiger partial charge >= 0.3 is 6.03 Å². The van der Waals surface area contributed by atoms with E-state index < -0.39 is 0 Å². The zero-order valence-corrected chi connectivity index (χ0v) is 13.1. The van der Waals surface area contributed by atoms with Crippen molar-refractivity contribution in [3.05, 3.63) is 23.8 Å². The molecule has 0 aromatic heterocycles. The summed E-state index contributed by atoms with van der Waals surface area (Å²) in [7, 11) is 1.60. The quantitative estimate of drug-likeness (QED) is 0.823. The highest BCUT2D eigenvalue weighted by atomic mass is 16.5. The van der Waals surface area contributed by atoms with Crippen molar-refractivity contribution >= 4 is 11.9 Å². The van der Waals surface area contributed by atoms with Crippen molar-refractivity contribution in [2.75, 3.05) is 39.9 Å². The molecular formula is C16H21N3O4. The van der Waals surface area contributed by atoms with Crippen LogP contribution in [-0.4, -0.2) is 56.7 Å². The number of rotatable bonds is 5. The number of fused-ring (bicyclic) bond motifs is 1. The van der Waals surface area contributed by atoms with E-state index in [-0.39, 0.29) is 17.9 Å². The number of carbonyl (C=O) groups is 2. The number of amides is 3. The number of nitrogens with one attached hydrogen (secondary N) is 2. The van der Waals surface area contributed by atoms with Crippen molar-refractivity contribution in [2.24, 2.45) is 5.92 Å². The molecule has 23 heavy (non-hydrogen) atoms. The van der Waals surface area contributed by atoms with Gasteiger partial charge in [-0.15, -0.1) is 0 Å². The first-order valence-electron chi connectivity index (χ1n) is 7.78. The van der Waals surface area contributed by atoms with Crippen LogP contribution in [0.15, 0.2) is 18.2 Å². The summed E-state index contributed by atoms with van der Waals surface area (Å²) in [6, 6.07) is 5.63. The fourth-order valence-corrected chi connectivity index (χ4v) is 2.91. The molecule has 2 heterocycles. The van der Waals surface area contributed by atoms with E-state index in [1.54, 1.807) is 12.0 Å². The van der Waals surface area contributed by atoms with E-state index in [1.807, 2.05) is 18.2 Å². The van der Waals surface area contributed by atoms with Crippen molar-refractivity contribution in [1.82, 2.24) is 15.5 Å². The second-order valence-electron chi connectivity index (χ2n) is 5.67. The van der Waals surface area contributed by atoms with Crippen LogP contribution in [-0.2, 0) is 11.2 Å². The summed E-state index contributed by atoms with van der Waals surface area (Å²) in [5.74, 6) is 1.16. The lowest BCUT2D eigenvalue weighted by Gasteiger charge is -2.26. The molecule has 1 aromatic carbocycles. The Hall–Kier alpha value is -2.44. The Balaban J connectivity index is 1.52. The summed E-state index contributed by atoms with van der Waals surface area (Å²) in [6.45, 7) is 2.67. The molecule has 7 heteroatoms. The molecule has 0 unspecified atom stereocenters. The van der Waals surface area contributed by atoms with Crippen LogP contribution in [0, 0.1) is 5.92 Å². The van der Waals surface area contributed by atoms with E-state index in [9.17, 15) is 9.59 Å². The maximum Gasteiger partial charge on any atom is 0.317 e. The van der Waals surface area contributed by atoms with E-state index in [2.05, 4.69) is 10.6 Å². The van der Waals surface area contributed by atoms with Crippen LogP contribution in [0.3, 0.4) is 0 Å². The van der Waals surface area contributed by atoms with Crippen molar-refractivity contribution < 1.29 is 19.1 Å². The van der Waals surface area contributed by atoms with Gasteiger partial charge in [-0.2, -0.15) is 0 Å². The maximum atomic E-state index is 12.3.